The molecule has 3 rings (SSSR count). The van der Waals surface area contributed by atoms with Crippen LogP contribution in [0.1, 0.15) is 22.8 Å². The highest BCUT2D eigenvalue weighted by Crippen LogP contribution is 2.26. The van der Waals surface area contributed by atoms with Gasteiger partial charge in [0.2, 0.25) is 0 Å². The second kappa shape index (κ2) is 9.25. The lowest BCUT2D eigenvalue weighted by atomic mass is 10.2. The first-order valence-electron chi connectivity index (χ1n) is 9.24. The fourth-order valence-corrected chi connectivity index (χ4v) is 4.32. The molecule has 0 bridgehead atoms. The van der Waals surface area contributed by atoms with Gasteiger partial charge in [0, 0.05) is 0 Å². The Bertz CT molecular complexity index is 1160. The van der Waals surface area contributed by atoms with E-state index in [-0.39, 0.29) is 17.0 Å². The predicted molar refractivity (Wildman–Crippen MR) is 113 cm³/mol. The highest BCUT2D eigenvalue weighted by Gasteiger charge is 2.26. The maximum Gasteiger partial charge on any atom is 0.339 e. The summed E-state index contributed by atoms with van der Waals surface area (Å²) >= 11 is 0. The second-order valence-corrected chi connectivity index (χ2v) is 8.40. The van der Waals surface area contributed by atoms with Gasteiger partial charge in [0.25, 0.3) is 10.0 Å². The number of hydrogen-bond acceptors (Lipinski definition) is 5. The van der Waals surface area contributed by atoms with E-state index in [1.165, 1.54) is 35.5 Å². The molecule has 6 nitrogen and oxygen atoms in total. The third kappa shape index (κ3) is 4.85. The number of anilines is 1. The van der Waals surface area contributed by atoms with Gasteiger partial charge < -0.3 is 4.74 Å². The number of esters is 1. The molecule has 0 saturated heterocycles. The fraction of sp³-hybridized carbons (Fsp3) is 0.130. The van der Waals surface area contributed by atoms with Gasteiger partial charge in [-0.3, -0.25) is 4.31 Å². The van der Waals surface area contributed by atoms with Gasteiger partial charge in [-0.05, 0) is 42.8 Å². The average molecular weight is 420 g/mol. The summed E-state index contributed by atoms with van der Waals surface area (Å²) in [5.41, 5.74) is 1.39. The van der Waals surface area contributed by atoms with E-state index in [4.69, 9.17) is 10.00 Å². The number of para-hydroxylation sites is 1. The lowest BCUT2D eigenvalue weighted by Crippen LogP contribution is -2.30. The van der Waals surface area contributed by atoms with E-state index in [1.54, 1.807) is 24.3 Å². The molecule has 1 atom stereocenters. The molecular formula is C23H20N2O4S. The van der Waals surface area contributed by atoms with E-state index in [0.717, 1.165) is 5.56 Å². The molecule has 0 spiro atoms. The summed E-state index contributed by atoms with van der Waals surface area (Å²) in [6, 6.07) is 25.5. The molecule has 3 aromatic carbocycles. The van der Waals surface area contributed by atoms with Crippen molar-refractivity contribution >= 4 is 21.7 Å². The average Bonchev–Trinajstić information content (AvgIpc) is 2.78. The Morgan fingerprint density at radius 3 is 2.27 bits per heavy atom. The van der Waals surface area contributed by atoms with Crippen molar-refractivity contribution in [2.75, 3.05) is 4.31 Å². The molecule has 0 aliphatic carbocycles. The largest absolute Gasteiger partial charge is 0.444 e. The smallest absolute Gasteiger partial charge is 0.339 e. The Balaban J connectivity index is 2.00. The zero-order valence-electron chi connectivity index (χ0n) is 16.3. The quantitative estimate of drug-likeness (QED) is 0.536. The first-order valence-corrected chi connectivity index (χ1v) is 10.7. The van der Waals surface area contributed by atoms with Crippen LogP contribution >= 0.6 is 0 Å². The van der Waals surface area contributed by atoms with Crippen LogP contribution < -0.4 is 4.31 Å². The van der Waals surface area contributed by atoms with E-state index in [1.807, 2.05) is 42.5 Å². The minimum absolute atomic E-state index is 0.0404. The Morgan fingerprint density at radius 2 is 1.63 bits per heavy atom. The van der Waals surface area contributed by atoms with Crippen molar-refractivity contribution in [2.24, 2.45) is 0 Å². The molecule has 0 unspecified atom stereocenters. The fourth-order valence-electron chi connectivity index (χ4n) is 2.82. The second-order valence-electron chi connectivity index (χ2n) is 6.54. The van der Waals surface area contributed by atoms with Crippen LogP contribution in [0, 0.1) is 11.3 Å². The molecule has 0 saturated carbocycles. The molecule has 0 amide bonds. The molecule has 0 aliphatic rings. The van der Waals surface area contributed by atoms with Crippen LogP contribution in [0.2, 0.25) is 0 Å². The Labute approximate surface area is 176 Å². The predicted octanol–water partition coefficient (Wildman–Crippen LogP) is 4.15. The van der Waals surface area contributed by atoms with Gasteiger partial charge in [-0.2, -0.15) is 5.26 Å². The van der Waals surface area contributed by atoms with Crippen LogP contribution in [0.4, 0.5) is 5.69 Å². The summed E-state index contributed by atoms with van der Waals surface area (Å²) in [5.74, 6) is -0.754. The normalized spacial score (nSPS) is 11.9. The zero-order valence-corrected chi connectivity index (χ0v) is 17.1. The van der Waals surface area contributed by atoms with Crippen LogP contribution in [0.15, 0.2) is 89.8 Å². The molecule has 30 heavy (non-hydrogen) atoms. The van der Waals surface area contributed by atoms with E-state index in [2.05, 4.69) is 0 Å². The van der Waals surface area contributed by atoms with E-state index < -0.39 is 22.1 Å². The van der Waals surface area contributed by atoms with Crippen LogP contribution in [0.5, 0.6) is 0 Å². The number of ether oxygens (including phenoxy) is 1. The lowest BCUT2D eigenvalue weighted by Gasteiger charge is -2.25. The van der Waals surface area contributed by atoms with Gasteiger partial charge in [-0.25, -0.2) is 13.2 Å². The van der Waals surface area contributed by atoms with Crippen molar-refractivity contribution in [3.8, 4) is 6.07 Å². The van der Waals surface area contributed by atoms with Crippen molar-refractivity contribution < 1.29 is 17.9 Å². The maximum atomic E-state index is 13.5. The number of nitrogens with zero attached hydrogens (tertiary/aromatic N) is 2. The van der Waals surface area contributed by atoms with Crippen molar-refractivity contribution in [2.45, 2.75) is 24.5 Å². The van der Waals surface area contributed by atoms with Crippen molar-refractivity contribution in [1.29, 1.82) is 5.26 Å². The van der Waals surface area contributed by atoms with E-state index >= 15 is 0 Å². The number of carbonyl (C=O) groups excluding carboxylic acids is 1. The molecular weight excluding hydrogens is 400 g/mol. The van der Waals surface area contributed by atoms with Gasteiger partial charge >= 0.3 is 5.97 Å². The molecule has 0 N–H and O–H groups in total. The standard InChI is InChI=1S/C23H20N2O4S/c1-18(16-24)29-23(26)20-11-8-14-22(15-20)30(27,28)25(21-12-6-3-7-13-21)17-19-9-4-2-5-10-19/h2-15,18H,17H2,1H3/t18-/m0/s1. The number of sulfonamides is 1. The Kier molecular flexibility index (Phi) is 6.50. The van der Waals surface area contributed by atoms with Gasteiger partial charge in [0.05, 0.1) is 22.7 Å². The molecule has 152 valence electrons. The number of benzene rings is 3. The third-order valence-electron chi connectivity index (χ3n) is 4.34. The highest BCUT2D eigenvalue weighted by atomic mass is 32.2. The Morgan fingerprint density at radius 1 is 1.00 bits per heavy atom. The van der Waals surface area contributed by atoms with Gasteiger partial charge in [0.15, 0.2) is 6.10 Å². The van der Waals surface area contributed by atoms with Crippen LogP contribution in [0.3, 0.4) is 0 Å². The molecule has 3 aromatic rings. The van der Waals surface area contributed by atoms with Crippen molar-refractivity contribution in [3.05, 3.63) is 96.1 Å². The maximum absolute atomic E-state index is 13.5. The summed E-state index contributed by atoms with van der Waals surface area (Å²) < 4.78 is 33.3. The van der Waals surface area contributed by atoms with Crippen LogP contribution in [0.25, 0.3) is 0 Å². The van der Waals surface area contributed by atoms with Crippen molar-refractivity contribution in [1.82, 2.24) is 0 Å². The molecule has 0 fully saturated rings. The van der Waals surface area contributed by atoms with Crippen molar-refractivity contribution in [3.63, 3.8) is 0 Å². The van der Waals surface area contributed by atoms with Crippen LogP contribution in [-0.2, 0) is 21.3 Å². The molecule has 0 radical (unpaired) electrons. The minimum atomic E-state index is -3.98. The number of hydrogen-bond donors (Lipinski definition) is 0. The third-order valence-corrected chi connectivity index (χ3v) is 6.11. The van der Waals surface area contributed by atoms with Crippen LogP contribution in [-0.4, -0.2) is 20.5 Å². The summed E-state index contributed by atoms with van der Waals surface area (Å²) in [6.07, 6.45) is -0.934. The SMILES string of the molecule is C[C@@H](C#N)OC(=O)c1cccc(S(=O)(=O)N(Cc2ccccc2)c2ccccc2)c1. The van der Waals surface area contributed by atoms with Gasteiger partial charge in [-0.15, -0.1) is 0 Å². The molecule has 0 heterocycles. The zero-order chi connectivity index (χ0) is 21.6. The molecule has 7 heteroatoms. The number of rotatable bonds is 7. The lowest BCUT2D eigenvalue weighted by molar-refractivity contribution is 0.0435. The minimum Gasteiger partial charge on any atom is -0.444 e. The molecule has 0 aliphatic heterocycles. The summed E-state index contributed by atoms with van der Waals surface area (Å²) in [5, 5.41) is 8.82. The number of carbonyl (C=O) groups is 1. The summed E-state index contributed by atoms with van der Waals surface area (Å²) in [7, 11) is -3.98. The topological polar surface area (TPSA) is 87.5 Å². The molecule has 0 aromatic heterocycles. The first kappa shape index (κ1) is 21.1. The van der Waals surface area contributed by atoms with Gasteiger partial charge in [-0.1, -0.05) is 54.6 Å². The number of nitriles is 1. The van der Waals surface area contributed by atoms with E-state index in [0.29, 0.717) is 5.69 Å². The van der Waals surface area contributed by atoms with Gasteiger partial charge in [0.1, 0.15) is 6.07 Å². The Hall–Kier alpha value is -3.63. The summed E-state index contributed by atoms with van der Waals surface area (Å²) in [6.45, 7) is 1.57. The van der Waals surface area contributed by atoms with E-state index in [9.17, 15) is 13.2 Å². The first-order chi connectivity index (χ1) is 14.4. The highest BCUT2D eigenvalue weighted by molar-refractivity contribution is 7.92. The summed E-state index contributed by atoms with van der Waals surface area (Å²) in [4.78, 5) is 12.2. The monoisotopic (exact) mass is 420 g/mol.